The fourth-order valence-electron chi connectivity index (χ4n) is 1.69. The zero-order valence-corrected chi connectivity index (χ0v) is 7.71. The monoisotopic (exact) mass is 171 g/mol. The number of hydrogen-bond donors (Lipinski definition) is 2. The number of nitrogens with two attached hydrogens (primary N) is 1. The van der Waals surface area contributed by atoms with E-state index in [1.54, 1.807) is 0 Å². The predicted molar refractivity (Wildman–Crippen MR) is 48.4 cm³/mol. The van der Waals surface area contributed by atoms with Crippen molar-refractivity contribution in [1.29, 1.82) is 5.41 Å². The van der Waals surface area contributed by atoms with Gasteiger partial charge in [-0.1, -0.05) is 0 Å². The molecule has 1 saturated heterocycles. The predicted octanol–water partition coefficient (Wildman–Crippen LogP) is 0.0316. The second-order valence-electron chi connectivity index (χ2n) is 3.37. The van der Waals surface area contributed by atoms with E-state index in [1.165, 1.54) is 0 Å². The molecule has 4 nitrogen and oxygen atoms in total. The molecule has 12 heavy (non-hydrogen) atoms. The van der Waals surface area contributed by atoms with Crippen LogP contribution in [0.3, 0.4) is 0 Å². The first-order valence-corrected chi connectivity index (χ1v) is 4.26. The number of likely N-dealkylation sites (N-methyl/N-ethyl adjacent to an activating group) is 1. The molecule has 0 aromatic carbocycles. The van der Waals surface area contributed by atoms with Crippen LogP contribution in [-0.4, -0.2) is 43.1 Å². The van der Waals surface area contributed by atoms with Crippen LogP contribution in [0.1, 0.15) is 13.3 Å². The summed E-state index contributed by atoms with van der Waals surface area (Å²) in [5, 5.41) is 7.15. The van der Waals surface area contributed by atoms with Crippen molar-refractivity contribution in [3.63, 3.8) is 0 Å². The van der Waals surface area contributed by atoms with E-state index < -0.39 is 0 Å². The minimum absolute atomic E-state index is 0.219. The van der Waals surface area contributed by atoms with E-state index in [9.17, 15) is 0 Å². The Balaban J connectivity index is 2.40. The quantitative estimate of drug-likeness (QED) is 0.465. The van der Waals surface area contributed by atoms with E-state index in [0.717, 1.165) is 13.0 Å². The Morgan fingerprint density at radius 2 is 2.42 bits per heavy atom. The van der Waals surface area contributed by atoms with Gasteiger partial charge in [-0.3, -0.25) is 10.3 Å². The third-order valence-corrected chi connectivity index (χ3v) is 2.32. The van der Waals surface area contributed by atoms with Crippen LogP contribution in [0.15, 0.2) is 0 Å². The summed E-state index contributed by atoms with van der Waals surface area (Å²) >= 11 is 0. The van der Waals surface area contributed by atoms with Crippen LogP contribution in [0.5, 0.6) is 0 Å². The Morgan fingerprint density at radius 1 is 1.75 bits per heavy atom. The summed E-state index contributed by atoms with van der Waals surface area (Å²) in [5.74, 6) is 0.219. The third-order valence-electron chi connectivity index (χ3n) is 2.32. The van der Waals surface area contributed by atoms with Gasteiger partial charge in [-0.25, -0.2) is 0 Å². The molecule has 4 heteroatoms. The van der Waals surface area contributed by atoms with Crippen molar-refractivity contribution in [1.82, 2.24) is 4.90 Å². The zero-order chi connectivity index (χ0) is 9.14. The van der Waals surface area contributed by atoms with E-state index in [1.807, 2.05) is 7.05 Å². The second kappa shape index (κ2) is 3.87. The molecule has 1 heterocycles. The Hall–Kier alpha value is -0.610. The Morgan fingerprint density at radius 3 is 2.83 bits per heavy atom. The Kier molecular flexibility index (Phi) is 3.05. The molecular weight excluding hydrogens is 154 g/mol. The van der Waals surface area contributed by atoms with Crippen molar-refractivity contribution in [3.05, 3.63) is 0 Å². The molecule has 0 aromatic heterocycles. The average Bonchev–Trinajstić information content (AvgIpc) is 2.33. The molecular formula is C8H17N3O. The number of nitrogens with zero attached hydrogens (tertiary/aromatic N) is 1. The molecule has 0 bridgehead atoms. The summed E-state index contributed by atoms with van der Waals surface area (Å²) in [6, 6.07) is 0.425. The summed E-state index contributed by atoms with van der Waals surface area (Å²) < 4.78 is 5.42. The van der Waals surface area contributed by atoms with Gasteiger partial charge in [0.2, 0.25) is 0 Å². The third kappa shape index (κ3) is 2.19. The van der Waals surface area contributed by atoms with Gasteiger partial charge in [0.25, 0.3) is 0 Å². The maximum atomic E-state index is 7.15. The van der Waals surface area contributed by atoms with Crippen LogP contribution in [0, 0.1) is 5.41 Å². The summed E-state index contributed by atoms with van der Waals surface area (Å²) in [7, 11) is 1.98. The van der Waals surface area contributed by atoms with E-state index in [4.69, 9.17) is 15.9 Å². The summed E-state index contributed by atoms with van der Waals surface area (Å²) in [5.41, 5.74) is 5.31. The van der Waals surface area contributed by atoms with Crippen LogP contribution < -0.4 is 5.73 Å². The topological polar surface area (TPSA) is 62.3 Å². The molecule has 0 radical (unpaired) electrons. The summed E-state index contributed by atoms with van der Waals surface area (Å²) in [6.45, 7) is 3.43. The number of amidine groups is 1. The molecule has 1 aliphatic heterocycles. The maximum absolute atomic E-state index is 7.15. The van der Waals surface area contributed by atoms with Crippen molar-refractivity contribution in [3.8, 4) is 0 Å². The highest BCUT2D eigenvalue weighted by molar-refractivity contribution is 5.78. The standard InChI is InChI=1S/C8H17N3O/c1-6-7(3-4-12-6)11(2)5-8(9)10/h6-7H,3-5H2,1-2H3,(H3,9,10). The van der Waals surface area contributed by atoms with Gasteiger partial charge in [0.05, 0.1) is 12.6 Å². The van der Waals surface area contributed by atoms with E-state index in [0.29, 0.717) is 12.6 Å². The van der Waals surface area contributed by atoms with E-state index in [-0.39, 0.29) is 11.9 Å². The van der Waals surface area contributed by atoms with Gasteiger partial charge in [0, 0.05) is 12.6 Å². The molecule has 70 valence electrons. The maximum Gasteiger partial charge on any atom is 0.105 e. The summed E-state index contributed by atoms with van der Waals surface area (Å²) in [6.07, 6.45) is 1.32. The molecule has 2 unspecified atom stereocenters. The number of rotatable bonds is 3. The normalized spacial score (nSPS) is 29.6. The lowest BCUT2D eigenvalue weighted by atomic mass is 10.1. The lowest BCUT2D eigenvalue weighted by molar-refractivity contribution is 0.0883. The van der Waals surface area contributed by atoms with Crippen molar-refractivity contribution in [2.75, 3.05) is 20.2 Å². The van der Waals surface area contributed by atoms with Crippen LogP contribution in [0.4, 0.5) is 0 Å². The zero-order valence-electron chi connectivity index (χ0n) is 7.71. The first-order chi connectivity index (χ1) is 5.61. The molecule has 0 saturated carbocycles. The fraction of sp³-hybridized carbons (Fsp3) is 0.875. The van der Waals surface area contributed by atoms with Gasteiger partial charge in [-0.15, -0.1) is 0 Å². The minimum Gasteiger partial charge on any atom is -0.387 e. The molecule has 0 spiro atoms. The SMILES string of the molecule is CC1OCCC1N(C)CC(=N)N. The lowest BCUT2D eigenvalue weighted by Crippen LogP contribution is -2.41. The first kappa shape index (κ1) is 9.48. The molecule has 1 fully saturated rings. The molecule has 3 N–H and O–H groups in total. The highest BCUT2D eigenvalue weighted by atomic mass is 16.5. The van der Waals surface area contributed by atoms with Gasteiger partial charge >= 0.3 is 0 Å². The Bertz CT molecular complexity index is 172. The van der Waals surface area contributed by atoms with E-state index in [2.05, 4.69) is 11.8 Å². The summed E-state index contributed by atoms with van der Waals surface area (Å²) in [4.78, 5) is 2.08. The minimum atomic E-state index is 0.219. The van der Waals surface area contributed by atoms with Gasteiger partial charge < -0.3 is 10.5 Å². The van der Waals surface area contributed by atoms with Crippen molar-refractivity contribution in [2.24, 2.45) is 5.73 Å². The fourth-order valence-corrected chi connectivity index (χ4v) is 1.69. The smallest absolute Gasteiger partial charge is 0.105 e. The van der Waals surface area contributed by atoms with Crippen molar-refractivity contribution < 1.29 is 4.74 Å². The lowest BCUT2D eigenvalue weighted by Gasteiger charge is -2.25. The highest BCUT2D eigenvalue weighted by Gasteiger charge is 2.27. The first-order valence-electron chi connectivity index (χ1n) is 4.26. The largest absolute Gasteiger partial charge is 0.387 e. The molecule has 1 rings (SSSR count). The molecule has 0 aliphatic carbocycles. The number of ether oxygens (including phenoxy) is 1. The van der Waals surface area contributed by atoms with Crippen LogP contribution >= 0.6 is 0 Å². The van der Waals surface area contributed by atoms with Gasteiger partial charge in [-0.2, -0.15) is 0 Å². The van der Waals surface area contributed by atoms with Crippen molar-refractivity contribution in [2.45, 2.75) is 25.5 Å². The average molecular weight is 171 g/mol. The molecule has 1 aliphatic rings. The van der Waals surface area contributed by atoms with Gasteiger partial charge in [0.15, 0.2) is 0 Å². The molecule has 0 aromatic rings. The van der Waals surface area contributed by atoms with E-state index >= 15 is 0 Å². The Labute approximate surface area is 73.2 Å². The van der Waals surface area contributed by atoms with Crippen molar-refractivity contribution >= 4 is 5.84 Å². The van der Waals surface area contributed by atoms with Crippen LogP contribution in [0.25, 0.3) is 0 Å². The van der Waals surface area contributed by atoms with Crippen LogP contribution in [-0.2, 0) is 4.74 Å². The molecule has 0 amide bonds. The van der Waals surface area contributed by atoms with Gasteiger partial charge in [0.1, 0.15) is 5.84 Å². The molecule has 2 atom stereocenters. The number of hydrogen-bond acceptors (Lipinski definition) is 3. The van der Waals surface area contributed by atoms with Crippen LogP contribution in [0.2, 0.25) is 0 Å². The second-order valence-corrected chi connectivity index (χ2v) is 3.37. The number of nitrogens with one attached hydrogen (secondary N) is 1. The van der Waals surface area contributed by atoms with Gasteiger partial charge in [-0.05, 0) is 20.4 Å². The highest BCUT2D eigenvalue weighted by Crippen LogP contribution is 2.17.